The molecule has 0 radical (unpaired) electrons. The first kappa shape index (κ1) is 9.73. The van der Waals surface area contributed by atoms with Crippen LogP contribution in [0.5, 0.6) is 0 Å². The molecule has 4 nitrogen and oxygen atoms in total. The Morgan fingerprint density at radius 2 is 2.31 bits per heavy atom. The number of rotatable bonds is 2. The Balaban J connectivity index is 2.70. The van der Waals surface area contributed by atoms with Crippen molar-refractivity contribution in [3.8, 4) is 0 Å². The zero-order valence-electron chi connectivity index (χ0n) is 7.51. The average Bonchev–Trinajstić information content (AvgIpc) is 2.15. The summed E-state index contributed by atoms with van der Waals surface area (Å²) in [6.07, 6.45) is 4.84. The minimum absolute atomic E-state index is 0.517. The van der Waals surface area contributed by atoms with Crippen molar-refractivity contribution < 1.29 is 0 Å². The fourth-order valence-electron chi connectivity index (χ4n) is 0.660. The molecule has 1 aromatic heterocycles. The van der Waals surface area contributed by atoms with Gasteiger partial charge in [0, 0.05) is 19.7 Å². The van der Waals surface area contributed by atoms with Crippen molar-refractivity contribution in [2.75, 3.05) is 14.1 Å². The summed E-state index contributed by atoms with van der Waals surface area (Å²) >= 11 is 5.05. The van der Waals surface area contributed by atoms with Crippen molar-refractivity contribution in [3.63, 3.8) is 0 Å². The minimum atomic E-state index is 0.517. The fourth-order valence-corrected chi connectivity index (χ4v) is 0.828. The lowest BCUT2D eigenvalue weighted by Gasteiger charge is -2.02. The first-order chi connectivity index (χ1) is 6.20. The maximum Gasteiger partial charge on any atom is 0.136 e. The summed E-state index contributed by atoms with van der Waals surface area (Å²) in [4.78, 5) is 6.40. The molecule has 13 heavy (non-hydrogen) atoms. The summed E-state index contributed by atoms with van der Waals surface area (Å²) in [5, 5.41) is 7.36. The molecule has 0 aliphatic heterocycles. The lowest BCUT2D eigenvalue weighted by Crippen LogP contribution is -2.09. The van der Waals surface area contributed by atoms with Gasteiger partial charge in [0.15, 0.2) is 0 Å². The molecule has 0 bridgehead atoms. The maximum atomic E-state index is 5.05. The molecule has 0 aliphatic rings. The first-order valence-corrected chi connectivity index (χ1v) is 4.12. The van der Waals surface area contributed by atoms with E-state index in [1.165, 1.54) is 0 Å². The second-order valence-corrected chi connectivity index (χ2v) is 3.03. The van der Waals surface area contributed by atoms with E-state index >= 15 is 0 Å². The van der Waals surface area contributed by atoms with Gasteiger partial charge in [0.05, 0.1) is 18.7 Å². The highest BCUT2D eigenvalue weighted by Crippen LogP contribution is 1.98. The van der Waals surface area contributed by atoms with Crippen LogP contribution in [0.3, 0.4) is 0 Å². The highest BCUT2D eigenvalue weighted by Gasteiger charge is 1.96. The Hall–Kier alpha value is -1.36. The van der Waals surface area contributed by atoms with Gasteiger partial charge in [-0.3, -0.25) is 0 Å². The van der Waals surface area contributed by atoms with E-state index in [-0.39, 0.29) is 0 Å². The van der Waals surface area contributed by atoms with E-state index in [0.29, 0.717) is 4.99 Å². The predicted octanol–water partition coefficient (Wildman–Crippen LogP) is 0.742. The van der Waals surface area contributed by atoms with Crippen LogP contribution in [0.15, 0.2) is 23.5 Å². The Bertz CT molecular complexity index is 307. The molecule has 0 saturated carbocycles. The van der Waals surface area contributed by atoms with Gasteiger partial charge in [0.2, 0.25) is 0 Å². The third-order valence-electron chi connectivity index (χ3n) is 1.24. The molecule has 0 saturated heterocycles. The molecule has 0 aromatic carbocycles. The van der Waals surface area contributed by atoms with E-state index in [9.17, 15) is 0 Å². The molecule has 68 valence electrons. The standard InChI is InChI=1S/C8H10N4S/c1-12(2)6-9-8(13)7-3-4-10-11-5-7/h3-6H,1-2H3. The van der Waals surface area contributed by atoms with Crippen LogP contribution in [0.25, 0.3) is 0 Å². The van der Waals surface area contributed by atoms with Crippen LogP contribution in [0.4, 0.5) is 0 Å². The molecule has 0 amide bonds. The van der Waals surface area contributed by atoms with Gasteiger partial charge >= 0.3 is 0 Å². The number of hydrogen-bond donors (Lipinski definition) is 0. The molecule has 1 heterocycles. The molecule has 0 unspecified atom stereocenters. The SMILES string of the molecule is CN(C)C=NC(=S)c1ccnnc1. The minimum Gasteiger partial charge on any atom is -0.369 e. The molecule has 1 rings (SSSR count). The zero-order chi connectivity index (χ0) is 9.68. The Kier molecular flexibility index (Phi) is 3.45. The summed E-state index contributed by atoms with van der Waals surface area (Å²) in [6, 6.07) is 1.78. The molecule has 1 aromatic rings. The summed E-state index contributed by atoms with van der Waals surface area (Å²) in [5.41, 5.74) is 0.808. The molecular formula is C8H10N4S. The molecule has 5 heteroatoms. The van der Waals surface area contributed by atoms with E-state index in [2.05, 4.69) is 15.2 Å². The molecule has 0 spiro atoms. The predicted molar refractivity (Wildman–Crippen MR) is 55.9 cm³/mol. The topological polar surface area (TPSA) is 41.4 Å². The summed E-state index contributed by atoms with van der Waals surface area (Å²) in [7, 11) is 3.77. The van der Waals surface area contributed by atoms with Gasteiger partial charge in [-0.2, -0.15) is 10.2 Å². The van der Waals surface area contributed by atoms with Crippen molar-refractivity contribution in [2.24, 2.45) is 4.99 Å². The van der Waals surface area contributed by atoms with Gasteiger partial charge < -0.3 is 4.90 Å². The van der Waals surface area contributed by atoms with Crippen LogP contribution in [-0.4, -0.2) is 40.5 Å². The lowest BCUT2D eigenvalue weighted by atomic mass is 10.3. The van der Waals surface area contributed by atoms with Gasteiger partial charge in [0.1, 0.15) is 4.99 Å². The van der Waals surface area contributed by atoms with Crippen LogP contribution in [0.2, 0.25) is 0 Å². The Morgan fingerprint density at radius 3 is 2.85 bits per heavy atom. The van der Waals surface area contributed by atoms with Gasteiger partial charge in [-0.25, -0.2) is 4.99 Å². The van der Waals surface area contributed by atoms with E-state index in [1.807, 2.05) is 19.0 Å². The largest absolute Gasteiger partial charge is 0.369 e. The van der Waals surface area contributed by atoms with E-state index in [1.54, 1.807) is 24.8 Å². The second kappa shape index (κ2) is 4.61. The van der Waals surface area contributed by atoms with Crippen LogP contribution < -0.4 is 0 Å². The molecule has 0 N–H and O–H groups in total. The molecular weight excluding hydrogens is 184 g/mol. The number of aromatic nitrogens is 2. The van der Waals surface area contributed by atoms with Crippen LogP contribution in [0, 0.1) is 0 Å². The number of thiocarbonyl (C=S) groups is 1. The van der Waals surface area contributed by atoms with Crippen molar-refractivity contribution in [1.29, 1.82) is 0 Å². The van der Waals surface area contributed by atoms with Gasteiger partial charge in [-0.15, -0.1) is 0 Å². The average molecular weight is 194 g/mol. The molecule has 0 aliphatic carbocycles. The summed E-state index contributed by atoms with van der Waals surface area (Å²) < 4.78 is 0. The van der Waals surface area contributed by atoms with Crippen molar-refractivity contribution >= 4 is 23.5 Å². The third kappa shape index (κ3) is 3.25. The van der Waals surface area contributed by atoms with Crippen LogP contribution >= 0.6 is 12.2 Å². The van der Waals surface area contributed by atoms with Gasteiger partial charge in [-0.1, -0.05) is 12.2 Å². The molecule has 0 fully saturated rings. The van der Waals surface area contributed by atoms with E-state index < -0.39 is 0 Å². The van der Waals surface area contributed by atoms with Crippen molar-refractivity contribution in [3.05, 3.63) is 24.0 Å². The smallest absolute Gasteiger partial charge is 0.136 e. The summed E-state index contributed by atoms with van der Waals surface area (Å²) in [6.45, 7) is 0. The van der Waals surface area contributed by atoms with E-state index in [0.717, 1.165) is 5.56 Å². The second-order valence-electron chi connectivity index (χ2n) is 2.64. The van der Waals surface area contributed by atoms with Crippen molar-refractivity contribution in [2.45, 2.75) is 0 Å². The van der Waals surface area contributed by atoms with Crippen LogP contribution in [-0.2, 0) is 0 Å². The van der Waals surface area contributed by atoms with Gasteiger partial charge in [-0.05, 0) is 6.07 Å². The highest BCUT2D eigenvalue weighted by atomic mass is 32.1. The lowest BCUT2D eigenvalue weighted by molar-refractivity contribution is 0.644. The van der Waals surface area contributed by atoms with Gasteiger partial charge in [0.25, 0.3) is 0 Å². The maximum absolute atomic E-state index is 5.05. The monoisotopic (exact) mass is 194 g/mol. The number of nitrogens with zero attached hydrogens (tertiary/aromatic N) is 4. The normalized spacial score (nSPS) is 10.3. The fraction of sp³-hybridized carbons (Fsp3) is 0.250. The third-order valence-corrected chi connectivity index (χ3v) is 1.58. The van der Waals surface area contributed by atoms with E-state index in [4.69, 9.17) is 12.2 Å². The quantitative estimate of drug-likeness (QED) is 0.395. The van der Waals surface area contributed by atoms with Crippen LogP contribution in [0.1, 0.15) is 5.56 Å². The number of hydrogen-bond acceptors (Lipinski definition) is 3. The Labute approximate surface area is 82.3 Å². The van der Waals surface area contributed by atoms with Crippen molar-refractivity contribution in [1.82, 2.24) is 15.1 Å². The summed E-state index contributed by atoms with van der Waals surface area (Å²) in [5.74, 6) is 0. The molecule has 0 atom stereocenters. The highest BCUT2D eigenvalue weighted by molar-refractivity contribution is 7.80. The zero-order valence-corrected chi connectivity index (χ0v) is 8.32. The number of aliphatic imine (C=N–C) groups is 1. The Morgan fingerprint density at radius 1 is 1.54 bits per heavy atom. The first-order valence-electron chi connectivity index (χ1n) is 3.72.